The summed E-state index contributed by atoms with van der Waals surface area (Å²) in [5.74, 6) is 1.06. The van der Waals surface area contributed by atoms with Gasteiger partial charge in [-0.1, -0.05) is 36.0 Å². The Kier molecular flexibility index (Phi) is 5.86. The molecule has 1 N–H and O–H groups in total. The molecule has 1 saturated heterocycles. The van der Waals surface area contributed by atoms with Crippen molar-refractivity contribution in [3.63, 3.8) is 0 Å². The molecule has 0 radical (unpaired) electrons. The quantitative estimate of drug-likeness (QED) is 0.609. The Hall–Kier alpha value is -2.16. The number of anilines is 1. The maximum Gasteiger partial charge on any atom is 0.234 e. The van der Waals surface area contributed by atoms with Crippen LogP contribution in [-0.4, -0.2) is 39.1 Å². The molecule has 1 amide bonds. The Morgan fingerprint density at radius 3 is 2.89 bits per heavy atom. The number of nitrogens with zero attached hydrogens (tertiary/aromatic N) is 3. The van der Waals surface area contributed by atoms with Crippen molar-refractivity contribution < 1.29 is 9.53 Å². The predicted molar refractivity (Wildman–Crippen MR) is 108 cm³/mol. The minimum atomic E-state index is -0.0597. The van der Waals surface area contributed by atoms with Crippen LogP contribution in [0.4, 0.5) is 5.69 Å². The molecule has 1 aliphatic heterocycles. The van der Waals surface area contributed by atoms with Crippen molar-refractivity contribution >= 4 is 34.7 Å². The molecule has 6 nitrogen and oxygen atoms in total. The van der Waals surface area contributed by atoms with E-state index in [1.54, 1.807) is 11.3 Å². The minimum absolute atomic E-state index is 0.0597. The minimum Gasteiger partial charge on any atom is -0.376 e. The molecule has 27 heavy (non-hydrogen) atoms. The molecule has 1 atom stereocenters. The summed E-state index contributed by atoms with van der Waals surface area (Å²) in [6.07, 6.45) is 2.31. The molecule has 4 rings (SSSR count). The zero-order valence-electron chi connectivity index (χ0n) is 14.7. The molecule has 1 aromatic carbocycles. The van der Waals surface area contributed by atoms with Gasteiger partial charge in [0.2, 0.25) is 5.91 Å². The predicted octanol–water partition coefficient (Wildman–Crippen LogP) is 3.92. The van der Waals surface area contributed by atoms with E-state index in [1.807, 2.05) is 47.8 Å². The van der Waals surface area contributed by atoms with Gasteiger partial charge in [-0.2, -0.15) is 0 Å². The second-order valence-corrected chi connectivity index (χ2v) is 8.12. The summed E-state index contributed by atoms with van der Waals surface area (Å²) >= 11 is 3.04. The molecule has 0 bridgehead atoms. The highest BCUT2D eigenvalue weighted by atomic mass is 32.2. The SMILES string of the molecule is O=C(CSc1nnc(-c2cccs2)n1C[C@@H]1CCCO1)Nc1ccccc1. The van der Waals surface area contributed by atoms with Gasteiger partial charge in [-0.3, -0.25) is 9.36 Å². The maximum atomic E-state index is 12.3. The first kappa shape index (κ1) is 18.2. The third-order valence-electron chi connectivity index (χ3n) is 4.26. The number of hydrogen-bond donors (Lipinski definition) is 1. The van der Waals surface area contributed by atoms with Crippen molar-refractivity contribution in [3.05, 3.63) is 47.8 Å². The van der Waals surface area contributed by atoms with Crippen LogP contribution in [0.15, 0.2) is 53.0 Å². The summed E-state index contributed by atoms with van der Waals surface area (Å²) in [7, 11) is 0. The number of rotatable bonds is 7. The van der Waals surface area contributed by atoms with Crippen molar-refractivity contribution in [1.82, 2.24) is 14.8 Å². The monoisotopic (exact) mass is 400 g/mol. The normalized spacial score (nSPS) is 16.5. The molecule has 0 aliphatic carbocycles. The third kappa shape index (κ3) is 4.58. The highest BCUT2D eigenvalue weighted by molar-refractivity contribution is 7.99. The van der Waals surface area contributed by atoms with E-state index in [9.17, 15) is 4.79 Å². The van der Waals surface area contributed by atoms with Crippen molar-refractivity contribution in [2.75, 3.05) is 17.7 Å². The van der Waals surface area contributed by atoms with Crippen LogP contribution in [0.3, 0.4) is 0 Å². The lowest BCUT2D eigenvalue weighted by molar-refractivity contribution is -0.113. The standard InChI is InChI=1S/C19H20N4O2S2/c24-17(20-14-6-2-1-3-7-14)13-27-19-22-21-18(16-9-5-11-26-16)23(19)12-15-8-4-10-25-15/h1-3,5-7,9,11,15H,4,8,10,12-13H2,(H,20,24)/t15-/m0/s1. The molecular formula is C19H20N4O2S2. The van der Waals surface area contributed by atoms with E-state index in [2.05, 4.69) is 20.1 Å². The summed E-state index contributed by atoms with van der Waals surface area (Å²) in [6.45, 7) is 1.52. The fourth-order valence-corrected chi connectivity index (χ4v) is 4.45. The fraction of sp³-hybridized carbons (Fsp3) is 0.316. The highest BCUT2D eigenvalue weighted by Gasteiger charge is 2.22. The number of amides is 1. The second-order valence-electron chi connectivity index (χ2n) is 6.23. The summed E-state index contributed by atoms with van der Waals surface area (Å²) in [5.41, 5.74) is 0.795. The first-order valence-electron chi connectivity index (χ1n) is 8.86. The molecule has 8 heteroatoms. The van der Waals surface area contributed by atoms with E-state index >= 15 is 0 Å². The number of benzene rings is 1. The van der Waals surface area contributed by atoms with E-state index in [0.29, 0.717) is 6.54 Å². The second kappa shape index (κ2) is 8.69. The van der Waals surface area contributed by atoms with Gasteiger partial charge >= 0.3 is 0 Å². The van der Waals surface area contributed by atoms with E-state index in [4.69, 9.17) is 4.74 Å². The molecular weight excluding hydrogens is 380 g/mol. The number of aromatic nitrogens is 3. The number of nitrogens with one attached hydrogen (secondary N) is 1. The number of hydrogen-bond acceptors (Lipinski definition) is 6. The Labute approximate surface area is 166 Å². The van der Waals surface area contributed by atoms with Crippen molar-refractivity contribution in [2.45, 2.75) is 30.6 Å². The first-order valence-corrected chi connectivity index (χ1v) is 10.7. The van der Waals surface area contributed by atoms with Gasteiger partial charge in [0.1, 0.15) is 0 Å². The molecule has 2 aromatic heterocycles. The smallest absolute Gasteiger partial charge is 0.234 e. The van der Waals surface area contributed by atoms with Gasteiger partial charge in [0.05, 0.1) is 23.3 Å². The van der Waals surface area contributed by atoms with Crippen LogP contribution in [0.1, 0.15) is 12.8 Å². The summed E-state index contributed by atoms with van der Waals surface area (Å²) in [6, 6.07) is 13.5. The van der Waals surface area contributed by atoms with Crippen molar-refractivity contribution in [3.8, 4) is 10.7 Å². The van der Waals surface area contributed by atoms with Gasteiger partial charge in [0, 0.05) is 12.3 Å². The number of ether oxygens (including phenoxy) is 1. The fourth-order valence-electron chi connectivity index (χ4n) is 2.99. The Morgan fingerprint density at radius 2 is 2.15 bits per heavy atom. The number of thiophene rings is 1. The average Bonchev–Trinajstić information content (AvgIpc) is 3.44. The number of thioether (sulfide) groups is 1. The lowest BCUT2D eigenvalue weighted by Gasteiger charge is -2.14. The molecule has 0 spiro atoms. The lowest BCUT2D eigenvalue weighted by Crippen LogP contribution is -2.18. The average molecular weight is 401 g/mol. The molecule has 3 heterocycles. The molecule has 1 aliphatic rings. The number of para-hydroxylation sites is 1. The number of carbonyl (C=O) groups excluding carboxylic acids is 1. The van der Waals surface area contributed by atoms with Gasteiger partial charge in [-0.05, 0) is 36.4 Å². The maximum absolute atomic E-state index is 12.3. The zero-order valence-corrected chi connectivity index (χ0v) is 16.3. The van der Waals surface area contributed by atoms with Gasteiger partial charge in [0.15, 0.2) is 11.0 Å². The largest absolute Gasteiger partial charge is 0.376 e. The molecule has 1 fully saturated rings. The summed E-state index contributed by atoms with van der Waals surface area (Å²) in [4.78, 5) is 13.3. The van der Waals surface area contributed by atoms with Crippen LogP contribution in [0, 0.1) is 0 Å². The van der Waals surface area contributed by atoms with Crippen LogP contribution in [0.25, 0.3) is 10.7 Å². The van der Waals surface area contributed by atoms with Crippen LogP contribution in [0.2, 0.25) is 0 Å². The molecule has 0 unspecified atom stereocenters. The van der Waals surface area contributed by atoms with Gasteiger partial charge in [0.25, 0.3) is 0 Å². The Bertz CT molecular complexity index is 875. The van der Waals surface area contributed by atoms with E-state index in [1.165, 1.54) is 11.8 Å². The zero-order chi connectivity index (χ0) is 18.5. The Morgan fingerprint density at radius 1 is 1.26 bits per heavy atom. The van der Waals surface area contributed by atoms with Crippen LogP contribution < -0.4 is 5.32 Å². The first-order chi connectivity index (χ1) is 13.3. The van der Waals surface area contributed by atoms with E-state index in [0.717, 1.165) is 41.0 Å². The van der Waals surface area contributed by atoms with Gasteiger partial charge < -0.3 is 10.1 Å². The summed E-state index contributed by atoms with van der Waals surface area (Å²) < 4.78 is 7.88. The van der Waals surface area contributed by atoms with Crippen molar-refractivity contribution in [1.29, 1.82) is 0 Å². The van der Waals surface area contributed by atoms with E-state index in [-0.39, 0.29) is 17.8 Å². The van der Waals surface area contributed by atoms with Crippen molar-refractivity contribution in [2.24, 2.45) is 0 Å². The highest BCUT2D eigenvalue weighted by Crippen LogP contribution is 2.29. The third-order valence-corrected chi connectivity index (χ3v) is 6.09. The Balaban J connectivity index is 1.47. The molecule has 0 saturated carbocycles. The van der Waals surface area contributed by atoms with E-state index < -0.39 is 0 Å². The van der Waals surface area contributed by atoms with Crippen LogP contribution >= 0.6 is 23.1 Å². The van der Waals surface area contributed by atoms with Crippen LogP contribution in [0.5, 0.6) is 0 Å². The molecule has 140 valence electrons. The summed E-state index contributed by atoms with van der Waals surface area (Å²) in [5, 5.41) is 14.4. The lowest BCUT2D eigenvalue weighted by atomic mass is 10.2. The van der Waals surface area contributed by atoms with Crippen LogP contribution in [-0.2, 0) is 16.1 Å². The topological polar surface area (TPSA) is 69.0 Å². The van der Waals surface area contributed by atoms with Gasteiger partial charge in [-0.15, -0.1) is 21.5 Å². The number of carbonyl (C=O) groups is 1. The van der Waals surface area contributed by atoms with Gasteiger partial charge in [-0.25, -0.2) is 0 Å². The molecule has 3 aromatic rings.